The van der Waals surface area contributed by atoms with E-state index in [1.165, 1.54) is 23.9 Å². The van der Waals surface area contributed by atoms with Crippen LogP contribution < -0.4 is 5.32 Å². The molecule has 1 aromatic heterocycles. The predicted octanol–water partition coefficient (Wildman–Crippen LogP) is -2.11. The van der Waals surface area contributed by atoms with Crippen LogP contribution in [0, 0.1) is 0 Å². The lowest BCUT2D eigenvalue weighted by molar-refractivity contribution is -0.151. The van der Waals surface area contributed by atoms with E-state index < -0.39 is 49.0 Å². The van der Waals surface area contributed by atoms with Gasteiger partial charge in [0.1, 0.15) is 23.9 Å². The molecule has 0 saturated heterocycles. The van der Waals surface area contributed by atoms with Gasteiger partial charge in [0.2, 0.25) is 5.91 Å². The molecular weight excluding hydrogens is 376 g/mol. The first-order valence-corrected chi connectivity index (χ1v) is 8.65. The first kappa shape index (κ1) is 21.8. The number of aromatic nitrogens is 3. The molecular formula is C16H24N4O8. The summed E-state index contributed by atoms with van der Waals surface area (Å²) in [7, 11) is 0. The highest BCUT2D eigenvalue weighted by Gasteiger charge is 2.44. The smallest absolute Gasteiger partial charge is 0.300 e. The van der Waals surface area contributed by atoms with E-state index in [0.717, 1.165) is 0 Å². The number of amides is 1. The normalized spacial score (nSPS) is 25.1. The Kier molecular flexibility index (Phi) is 7.45. The van der Waals surface area contributed by atoms with E-state index in [0.29, 0.717) is 6.42 Å². The Labute approximate surface area is 160 Å². The second-order valence-corrected chi connectivity index (χ2v) is 6.29. The van der Waals surface area contributed by atoms with E-state index in [1.54, 1.807) is 6.92 Å². The van der Waals surface area contributed by atoms with Gasteiger partial charge in [0.15, 0.2) is 6.10 Å². The van der Waals surface area contributed by atoms with Crippen LogP contribution in [0.3, 0.4) is 0 Å². The van der Waals surface area contributed by atoms with Gasteiger partial charge in [-0.3, -0.25) is 9.59 Å². The molecule has 0 fully saturated rings. The van der Waals surface area contributed by atoms with Crippen molar-refractivity contribution in [2.75, 3.05) is 6.61 Å². The molecule has 1 amide bonds. The highest BCUT2D eigenvalue weighted by atomic mass is 16.7. The number of hydrogen-bond donors (Lipinski definition) is 5. The molecule has 0 aliphatic carbocycles. The zero-order chi connectivity index (χ0) is 20.8. The Morgan fingerprint density at radius 1 is 1.46 bits per heavy atom. The number of carbonyl (C=O) groups excluding carboxylic acids is 2. The van der Waals surface area contributed by atoms with Gasteiger partial charge in [0, 0.05) is 13.0 Å². The average Bonchev–Trinajstić information content (AvgIpc) is 3.16. The molecule has 2 heterocycles. The van der Waals surface area contributed by atoms with Crippen molar-refractivity contribution in [1.82, 2.24) is 20.3 Å². The van der Waals surface area contributed by atoms with Crippen molar-refractivity contribution in [2.24, 2.45) is 0 Å². The first-order chi connectivity index (χ1) is 13.3. The largest absolute Gasteiger partial charge is 0.457 e. The fraction of sp³-hybridized carbons (Fsp3) is 0.625. The molecule has 1 aromatic rings. The minimum absolute atomic E-state index is 0.112. The quantitative estimate of drug-likeness (QED) is 0.288. The molecule has 0 saturated carbocycles. The van der Waals surface area contributed by atoms with Crippen molar-refractivity contribution >= 4 is 12.4 Å². The number of rotatable bonds is 9. The summed E-state index contributed by atoms with van der Waals surface area (Å²) in [5, 5.41) is 49.7. The minimum atomic E-state index is -1.63. The lowest BCUT2D eigenvalue weighted by Gasteiger charge is -2.39. The first-order valence-electron chi connectivity index (χ1n) is 8.65. The number of nitrogens with zero attached hydrogens (tertiary/aromatic N) is 3. The van der Waals surface area contributed by atoms with Gasteiger partial charge in [-0.05, 0) is 6.42 Å². The van der Waals surface area contributed by atoms with Gasteiger partial charge in [-0.2, -0.15) is 0 Å². The van der Waals surface area contributed by atoms with Crippen LogP contribution in [0.4, 0.5) is 0 Å². The Bertz CT molecular complexity index is 709. The second-order valence-electron chi connectivity index (χ2n) is 6.29. The molecule has 1 aliphatic rings. The van der Waals surface area contributed by atoms with Crippen molar-refractivity contribution in [2.45, 2.75) is 56.8 Å². The molecule has 12 nitrogen and oxygen atoms in total. The molecule has 5 N–H and O–H groups in total. The summed E-state index contributed by atoms with van der Waals surface area (Å²) >= 11 is 0. The highest BCUT2D eigenvalue weighted by Crippen LogP contribution is 2.30. The Morgan fingerprint density at radius 2 is 2.18 bits per heavy atom. The van der Waals surface area contributed by atoms with Gasteiger partial charge in [-0.25, -0.2) is 4.68 Å². The van der Waals surface area contributed by atoms with Crippen LogP contribution in [-0.2, 0) is 19.1 Å². The standard InChI is InChI=1S/C16H24N4O8/c1-3-11(24)9-5-20(19-18-9)10-4-13(27-7-22)28-16(14(10)17-8(2)23)15(26)12(25)6-21/h4-5,7,10-12,14-16,21,24-26H,3,6H2,1-2H3,(H,17,23)/t10-,11?,12+,14+,15+,16+/m0/s1. The summed E-state index contributed by atoms with van der Waals surface area (Å²) in [6.45, 7) is 2.36. The SMILES string of the molecule is CCC(O)c1cn([C@H]2C=C(OC=O)O[C@@H]([C@H](O)[C@H](O)CO)[C@@H]2NC(C)=O)nn1. The number of ether oxygens (including phenoxy) is 2. The van der Waals surface area contributed by atoms with E-state index in [4.69, 9.17) is 14.6 Å². The van der Waals surface area contributed by atoms with Crippen LogP contribution in [0.15, 0.2) is 18.2 Å². The minimum Gasteiger partial charge on any atom is -0.457 e. The number of carbonyl (C=O) groups is 2. The Hall–Kier alpha value is -2.54. The monoisotopic (exact) mass is 400 g/mol. The Balaban J connectivity index is 2.46. The molecule has 12 heteroatoms. The number of nitrogens with one attached hydrogen (secondary N) is 1. The second kappa shape index (κ2) is 9.59. The molecule has 1 unspecified atom stereocenters. The van der Waals surface area contributed by atoms with Crippen molar-refractivity contribution < 1.29 is 39.5 Å². The number of aliphatic hydroxyl groups is 4. The molecule has 156 valence electrons. The van der Waals surface area contributed by atoms with Crippen LogP contribution >= 0.6 is 0 Å². The van der Waals surface area contributed by atoms with Crippen molar-refractivity contribution in [3.63, 3.8) is 0 Å². The van der Waals surface area contributed by atoms with Crippen LogP contribution in [0.2, 0.25) is 0 Å². The maximum absolute atomic E-state index is 11.7. The van der Waals surface area contributed by atoms with E-state index in [9.17, 15) is 24.9 Å². The van der Waals surface area contributed by atoms with Gasteiger partial charge in [-0.1, -0.05) is 12.1 Å². The van der Waals surface area contributed by atoms with E-state index in [-0.39, 0.29) is 18.1 Å². The third kappa shape index (κ3) is 4.84. The summed E-state index contributed by atoms with van der Waals surface area (Å²) in [6.07, 6.45) is -2.17. The van der Waals surface area contributed by atoms with Crippen LogP contribution in [0.1, 0.15) is 38.1 Å². The number of hydrogen-bond acceptors (Lipinski definition) is 10. The van der Waals surface area contributed by atoms with Crippen LogP contribution in [0.5, 0.6) is 0 Å². The van der Waals surface area contributed by atoms with Crippen LogP contribution in [0.25, 0.3) is 0 Å². The fourth-order valence-corrected chi connectivity index (χ4v) is 2.85. The van der Waals surface area contributed by atoms with E-state index in [1.807, 2.05) is 0 Å². The van der Waals surface area contributed by atoms with Crippen LogP contribution in [-0.4, -0.2) is 78.8 Å². The summed E-state index contributed by atoms with van der Waals surface area (Å²) < 4.78 is 11.5. The van der Waals surface area contributed by atoms with E-state index >= 15 is 0 Å². The molecule has 6 atom stereocenters. The molecule has 0 spiro atoms. The van der Waals surface area contributed by atoms with Crippen molar-refractivity contribution in [1.29, 1.82) is 0 Å². The Morgan fingerprint density at radius 3 is 2.75 bits per heavy atom. The topological polar surface area (TPSA) is 176 Å². The molecule has 0 radical (unpaired) electrons. The summed E-state index contributed by atoms with van der Waals surface area (Å²) in [6, 6.07) is -1.82. The molecule has 0 bridgehead atoms. The molecule has 28 heavy (non-hydrogen) atoms. The number of aliphatic hydroxyl groups excluding tert-OH is 4. The zero-order valence-electron chi connectivity index (χ0n) is 15.4. The fourth-order valence-electron chi connectivity index (χ4n) is 2.85. The lowest BCUT2D eigenvalue weighted by Crippen LogP contribution is -2.58. The average molecular weight is 400 g/mol. The van der Waals surface area contributed by atoms with Gasteiger partial charge < -0.3 is 35.2 Å². The third-order valence-electron chi connectivity index (χ3n) is 4.29. The predicted molar refractivity (Wildman–Crippen MR) is 91.1 cm³/mol. The van der Waals surface area contributed by atoms with Crippen molar-refractivity contribution in [3.05, 3.63) is 23.9 Å². The molecule has 1 aliphatic heterocycles. The maximum Gasteiger partial charge on any atom is 0.300 e. The summed E-state index contributed by atoms with van der Waals surface area (Å²) in [4.78, 5) is 22.5. The lowest BCUT2D eigenvalue weighted by atomic mass is 9.93. The van der Waals surface area contributed by atoms with Crippen molar-refractivity contribution in [3.8, 4) is 0 Å². The summed E-state index contributed by atoms with van der Waals surface area (Å²) in [5.41, 5.74) is 0.286. The summed E-state index contributed by atoms with van der Waals surface area (Å²) in [5.74, 6) is -0.750. The zero-order valence-corrected chi connectivity index (χ0v) is 15.4. The maximum atomic E-state index is 11.7. The molecule has 2 rings (SSSR count). The van der Waals surface area contributed by atoms with Gasteiger partial charge >= 0.3 is 6.47 Å². The van der Waals surface area contributed by atoms with E-state index in [2.05, 4.69) is 15.6 Å². The highest BCUT2D eigenvalue weighted by molar-refractivity contribution is 5.73. The van der Waals surface area contributed by atoms with Gasteiger partial charge in [0.25, 0.3) is 5.95 Å². The van der Waals surface area contributed by atoms with Gasteiger partial charge in [0.05, 0.1) is 24.9 Å². The molecule has 0 aromatic carbocycles. The van der Waals surface area contributed by atoms with Gasteiger partial charge in [-0.15, -0.1) is 5.10 Å². The third-order valence-corrected chi connectivity index (χ3v) is 4.29.